The lowest BCUT2D eigenvalue weighted by molar-refractivity contribution is 1.18. The number of allylic oxidation sites excluding steroid dienone is 1. The van der Waals surface area contributed by atoms with Gasteiger partial charge >= 0.3 is 0 Å². The summed E-state index contributed by atoms with van der Waals surface area (Å²) in [5.41, 5.74) is 16.2. The Morgan fingerprint density at radius 1 is 0.389 bits per heavy atom. The third kappa shape index (κ3) is 8.10. The number of benzene rings is 11. The fraction of sp³-hybridized carbons (Fsp3) is 0.0290. The molecule has 3 heteroatoms. The Balaban J connectivity index is 0.000000354. The Kier molecular flexibility index (Phi) is 11.6. The van der Waals surface area contributed by atoms with E-state index in [-0.39, 0.29) is 0 Å². The highest BCUT2D eigenvalue weighted by molar-refractivity contribution is 7.26. The second-order valence-electron chi connectivity index (χ2n) is 18.5. The third-order valence-electron chi connectivity index (χ3n) is 14.0. The quantitative estimate of drug-likeness (QED) is 0.135. The van der Waals surface area contributed by atoms with E-state index in [4.69, 9.17) is 4.99 Å². The molecule has 0 spiro atoms. The van der Waals surface area contributed by atoms with Crippen LogP contribution in [0.5, 0.6) is 0 Å². The van der Waals surface area contributed by atoms with Gasteiger partial charge < -0.3 is 0 Å². The van der Waals surface area contributed by atoms with Gasteiger partial charge in [-0.15, -0.1) is 11.3 Å². The second-order valence-corrected chi connectivity index (χ2v) is 19.6. The van der Waals surface area contributed by atoms with Crippen LogP contribution in [-0.4, -0.2) is 10.3 Å². The lowest BCUT2D eigenvalue weighted by Crippen LogP contribution is -2.00. The first-order chi connectivity index (χ1) is 35.4. The van der Waals surface area contributed by atoms with Crippen molar-refractivity contribution >= 4 is 92.0 Å². The van der Waals surface area contributed by atoms with Crippen LogP contribution in [-0.2, 0) is 0 Å². The van der Waals surface area contributed by atoms with Gasteiger partial charge in [0, 0.05) is 42.2 Å². The number of aromatic nitrogens is 1. The summed E-state index contributed by atoms with van der Waals surface area (Å²) >= 11 is 1.86. The van der Waals surface area contributed by atoms with Crippen molar-refractivity contribution < 1.29 is 0 Å². The third-order valence-corrected chi connectivity index (χ3v) is 15.2. The Bertz CT molecular complexity index is 4200. The van der Waals surface area contributed by atoms with Gasteiger partial charge in [-0.05, 0) is 128 Å². The Morgan fingerprint density at radius 3 is 1.67 bits per heavy atom. The molecule has 342 valence electrons. The van der Waals surface area contributed by atoms with Crippen LogP contribution in [0.1, 0.15) is 25.0 Å². The van der Waals surface area contributed by atoms with Crippen LogP contribution in [0, 0.1) is 0 Å². The number of para-hydroxylation sites is 1. The summed E-state index contributed by atoms with van der Waals surface area (Å²) in [5, 5.41) is 9.99. The highest BCUT2D eigenvalue weighted by Gasteiger charge is 2.19. The molecule has 0 unspecified atom stereocenters. The first kappa shape index (κ1) is 44.3. The fourth-order valence-electron chi connectivity index (χ4n) is 10.5. The van der Waals surface area contributed by atoms with Gasteiger partial charge in [-0.2, -0.15) is 0 Å². The molecule has 0 fully saturated rings. The van der Waals surface area contributed by atoms with Gasteiger partial charge in [0.25, 0.3) is 0 Å². The van der Waals surface area contributed by atoms with Crippen LogP contribution in [0.3, 0.4) is 0 Å². The monoisotopic (exact) mass is 938 g/mol. The smallest absolute Gasteiger partial charge is 0.130 e. The summed E-state index contributed by atoms with van der Waals surface area (Å²) in [5.74, 6) is 0.697. The second kappa shape index (κ2) is 18.8. The van der Waals surface area contributed by atoms with Crippen LogP contribution >= 0.6 is 11.3 Å². The number of fused-ring (bicyclic) bond motifs is 9. The lowest BCUT2D eigenvalue weighted by atomic mass is 9.90. The summed E-state index contributed by atoms with van der Waals surface area (Å²) in [7, 11) is 0. The molecule has 72 heavy (non-hydrogen) atoms. The van der Waals surface area contributed by atoms with Crippen molar-refractivity contribution in [3.8, 4) is 44.5 Å². The molecule has 0 saturated heterocycles. The molecule has 13 rings (SSSR count). The van der Waals surface area contributed by atoms with E-state index in [1.807, 2.05) is 18.3 Å². The SMILES string of the molecule is C=C(/N=C(\C)c1cccc2c(-c3cccc(-c4cc(-c5ccccc5)cc(-c5ccccc5)c4)c3)cccc12)n1c2ccccc2c2c3sc4ccccc4c3ccc21.C=C(C)c1cccc2ccccc12. The number of thiophene rings is 1. The molecule has 0 aliphatic heterocycles. The molecule has 2 heterocycles. The van der Waals surface area contributed by atoms with E-state index in [1.165, 1.54) is 97.2 Å². The van der Waals surface area contributed by atoms with Crippen LogP contribution in [0.4, 0.5) is 0 Å². The van der Waals surface area contributed by atoms with Crippen molar-refractivity contribution in [1.29, 1.82) is 0 Å². The van der Waals surface area contributed by atoms with Gasteiger partial charge in [-0.25, -0.2) is 4.99 Å². The minimum absolute atomic E-state index is 0.697. The highest BCUT2D eigenvalue weighted by Crippen LogP contribution is 2.44. The standard InChI is InChI=1S/C56H38N2S.C13H12/c1-36(57-37(2)58-52-28-11-9-23-51(52)55-53(58)31-30-50-49-22-10-12-29-54(49)59-56(50)55)45-24-14-27-48-46(25-15-26-47(45)48)41-21-13-20-40(32-41)44-34-42(38-16-5-3-6-17-38)33-43(35-44)39-18-7-4-8-19-39;1-10(2)12-9-5-7-11-6-3-4-8-13(11)12/h3-35H,2H2,1H3;3-9H,1H2,2H3/b57-36+;. The molecular formula is C69H50N2S. The summed E-state index contributed by atoms with van der Waals surface area (Å²) in [6.07, 6.45) is 0. The van der Waals surface area contributed by atoms with Gasteiger partial charge in [-0.3, -0.25) is 4.57 Å². The summed E-state index contributed by atoms with van der Waals surface area (Å²) in [6.45, 7) is 12.7. The molecule has 0 saturated carbocycles. The van der Waals surface area contributed by atoms with Gasteiger partial charge in [0.1, 0.15) is 5.82 Å². The molecule has 0 aliphatic rings. The molecule has 0 N–H and O–H groups in total. The predicted molar refractivity (Wildman–Crippen MR) is 314 cm³/mol. The van der Waals surface area contributed by atoms with Crippen LogP contribution in [0.2, 0.25) is 0 Å². The number of hydrogen-bond acceptors (Lipinski definition) is 2. The summed E-state index contributed by atoms with van der Waals surface area (Å²) < 4.78 is 4.84. The minimum Gasteiger partial charge on any atom is -0.294 e. The molecule has 2 aromatic heterocycles. The topological polar surface area (TPSA) is 17.3 Å². The van der Waals surface area contributed by atoms with Crippen molar-refractivity contribution in [2.75, 3.05) is 0 Å². The summed E-state index contributed by atoms with van der Waals surface area (Å²) in [6, 6.07) is 86.9. The highest BCUT2D eigenvalue weighted by atomic mass is 32.1. The molecule has 2 nitrogen and oxygen atoms in total. The van der Waals surface area contributed by atoms with Crippen LogP contribution in [0.15, 0.2) is 261 Å². The fourth-order valence-corrected chi connectivity index (χ4v) is 11.8. The van der Waals surface area contributed by atoms with E-state index < -0.39 is 0 Å². The van der Waals surface area contributed by atoms with E-state index in [2.05, 4.69) is 267 Å². The van der Waals surface area contributed by atoms with Crippen molar-refractivity contribution in [3.05, 3.63) is 267 Å². The minimum atomic E-state index is 0.697. The summed E-state index contributed by atoms with van der Waals surface area (Å²) in [4.78, 5) is 5.27. The van der Waals surface area contributed by atoms with Gasteiger partial charge in [0.15, 0.2) is 0 Å². The molecule has 0 bridgehead atoms. The number of nitrogens with zero attached hydrogens (tertiary/aromatic N) is 2. The zero-order chi connectivity index (χ0) is 48.7. The maximum Gasteiger partial charge on any atom is 0.130 e. The van der Waals surface area contributed by atoms with Crippen molar-refractivity contribution in [3.63, 3.8) is 0 Å². The normalized spacial score (nSPS) is 11.7. The average molecular weight is 939 g/mol. The Labute approximate surface area is 424 Å². The predicted octanol–water partition coefficient (Wildman–Crippen LogP) is 19.8. The maximum atomic E-state index is 5.27. The van der Waals surface area contributed by atoms with E-state index in [9.17, 15) is 0 Å². The number of rotatable bonds is 8. The molecule has 0 radical (unpaired) electrons. The van der Waals surface area contributed by atoms with Crippen molar-refractivity contribution in [2.24, 2.45) is 4.99 Å². The number of aliphatic imine (C=N–C) groups is 1. The van der Waals surface area contributed by atoms with Crippen LogP contribution < -0.4 is 0 Å². The van der Waals surface area contributed by atoms with Crippen molar-refractivity contribution in [2.45, 2.75) is 13.8 Å². The zero-order valence-electron chi connectivity index (χ0n) is 40.3. The van der Waals surface area contributed by atoms with E-state index >= 15 is 0 Å². The van der Waals surface area contributed by atoms with E-state index in [1.54, 1.807) is 0 Å². The largest absolute Gasteiger partial charge is 0.294 e. The average Bonchev–Trinajstić information content (AvgIpc) is 3.99. The van der Waals surface area contributed by atoms with Gasteiger partial charge in [0.2, 0.25) is 0 Å². The van der Waals surface area contributed by atoms with E-state index in [0.717, 1.165) is 33.3 Å². The van der Waals surface area contributed by atoms with Crippen LogP contribution in [0.25, 0.3) is 119 Å². The van der Waals surface area contributed by atoms with E-state index in [0.29, 0.717) is 5.82 Å². The zero-order valence-corrected chi connectivity index (χ0v) is 41.1. The maximum absolute atomic E-state index is 5.27. The first-order valence-electron chi connectivity index (χ1n) is 24.5. The van der Waals surface area contributed by atoms with Gasteiger partial charge in [-0.1, -0.05) is 219 Å². The van der Waals surface area contributed by atoms with Gasteiger partial charge in [0.05, 0.1) is 11.0 Å². The molecule has 0 aliphatic carbocycles. The Hall–Kier alpha value is -8.89. The Morgan fingerprint density at radius 2 is 0.917 bits per heavy atom. The first-order valence-corrected chi connectivity index (χ1v) is 25.3. The molecule has 11 aromatic carbocycles. The molecule has 13 aromatic rings. The number of hydrogen-bond donors (Lipinski definition) is 0. The molecular weight excluding hydrogens is 889 g/mol. The molecule has 0 atom stereocenters. The molecule has 0 amide bonds. The van der Waals surface area contributed by atoms with Crippen molar-refractivity contribution in [1.82, 2.24) is 4.57 Å². The lowest BCUT2D eigenvalue weighted by Gasteiger charge is -2.14.